The Bertz CT molecular complexity index is 802. The number of nitrogens with one attached hydrogen (secondary N) is 1. The van der Waals surface area contributed by atoms with E-state index in [2.05, 4.69) is 10.1 Å². The van der Waals surface area contributed by atoms with Gasteiger partial charge in [0, 0.05) is 16.8 Å². The highest BCUT2D eigenvalue weighted by atomic mass is 35.5. The smallest absolute Gasteiger partial charge is 0.387 e. The van der Waals surface area contributed by atoms with Crippen LogP contribution in [-0.2, 0) is 0 Å². The maximum atomic E-state index is 12.2. The molecule has 0 unspecified atom stereocenters. The zero-order chi connectivity index (χ0) is 17.9. The molecule has 24 heavy (non-hydrogen) atoms. The number of carbonyl (C=O) groups is 1. The number of benzene rings is 2. The topological polar surface area (TPSA) is 81.5 Å². The van der Waals surface area contributed by atoms with E-state index in [-0.39, 0.29) is 27.0 Å². The Morgan fingerprint density at radius 3 is 2.50 bits per heavy atom. The number of nitro benzene ring substituents is 1. The van der Waals surface area contributed by atoms with E-state index in [0.717, 1.165) is 12.1 Å². The van der Waals surface area contributed by atoms with Gasteiger partial charge in [0.25, 0.3) is 11.6 Å². The number of hydrogen-bond acceptors (Lipinski definition) is 4. The average molecular weight is 377 g/mol. The molecule has 0 atom stereocenters. The van der Waals surface area contributed by atoms with Crippen LogP contribution in [-0.4, -0.2) is 17.4 Å². The van der Waals surface area contributed by atoms with Crippen molar-refractivity contribution in [1.29, 1.82) is 0 Å². The van der Waals surface area contributed by atoms with E-state index in [0.29, 0.717) is 0 Å². The van der Waals surface area contributed by atoms with Gasteiger partial charge >= 0.3 is 6.61 Å². The van der Waals surface area contributed by atoms with Crippen molar-refractivity contribution in [3.8, 4) is 5.75 Å². The summed E-state index contributed by atoms with van der Waals surface area (Å²) in [7, 11) is 0. The molecule has 0 radical (unpaired) electrons. The summed E-state index contributed by atoms with van der Waals surface area (Å²) in [5, 5.41) is 13.3. The molecule has 2 aromatic rings. The number of alkyl halides is 2. The largest absolute Gasteiger partial charge is 0.433 e. The van der Waals surface area contributed by atoms with Gasteiger partial charge in [-0.15, -0.1) is 0 Å². The van der Waals surface area contributed by atoms with Crippen LogP contribution >= 0.6 is 23.2 Å². The van der Waals surface area contributed by atoms with Crippen LogP contribution in [0.5, 0.6) is 5.75 Å². The zero-order valence-corrected chi connectivity index (χ0v) is 13.1. The number of ether oxygens (including phenoxy) is 1. The Morgan fingerprint density at radius 1 is 1.21 bits per heavy atom. The molecule has 2 aromatic carbocycles. The van der Waals surface area contributed by atoms with Gasteiger partial charge in [-0.25, -0.2) is 0 Å². The van der Waals surface area contributed by atoms with Crippen LogP contribution < -0.4 is 10.1 Å². The standard InChI is InChI=1S/C14H8Cl2F2N2O4/c15-7-1-3-9(11(5-7)20(22)23)13(21)19-8-2-4-12(10(16)6-8)24-14(17)18/h1-6,14H,(H,19,21). The molecular formula is C14H8Cl2F2N2O4. The average Bonchev–Trinajstić information content (AvgIpc) is 2.49. The summed E-state index contributed by atoms with van der Waals surface area (Å²) in [5.41, 5.74) is -0.534. The van der Waals surface area contributed by atoms with Crippen molar-refractivity contribution in [1.82, 2.24) is 0 Å². The number of nitro groups is 1. The number of rotatable bonds is 5. The first-order chi connectivity index (χ1) is 11.3. The first-order valence-corrected chi connectivity index (χ1v) is 7.03. The minimum Gasteiger partial charge on any atom is -0.433 e. The maximum Gasteiger partial charge on any atom is 0.387 e. The van der Waals surface area contributed by atoms with Crippen molar-refractivity contribution >= 4 is 40.5 Å². The van der Waals surface area contributed by atoms with Gasteiger partial charge in [-0.05, 0) is 30.3 Å². The Labute approximate surface area is 144 Å². The lowest BCUT2D eigenvalue weighted by atomic mass is 10.1. The second-order valence-corrected chi connectivity index (χ2v) is 5.24. The summed E-state index contributed by atoms with van der Waals surface area (Å²) in [4.78, 5) is 22.4. The molecule has 6 nitrogen and oxygen atoms in total. The molecule has 0 saturated carbocycles. The molecule has 0 aliphatic carbocycles. The van der Waals surface area contributed by atoms with Crippen molar-refractivity contribution in [2.24, 2.45) is 0 Å². The molecule has 0 aliphatic rings. The first kappa shape index (κ1) is 17.9. The lowest BCUT2D eigenvalue weighted by Crippen LogP contribution is -2.14. The third kappa shape index (κ3) is 4.30. The van der Waals surface area contributed by atoms with Gasteiger partial charge in [0.1, 0.15) is 11.3 Å². The predicted molar refractivity (Wildman–Crippen MR) is 84.1 cm³/mol. The van der Waals surface area contributed by atoms with Gasteiger partial charge in [0.05, 0.1) is 9.95 Å². The molecule has 1 amide bonds. The second kappa shape index (κ2) is 7.41. The van der Waals surface area contributed by atoms with E-state index < -0.39 is 23.1 Å². The minimum atomic E-state index is -3.04. The van der Waals surface area contributed by atoms with E-state index >= 15 is 0 Å². The lowest BCUT2D eigenvalue weighted by Gasteiger charge is -2.10. The third-order valence-electron chi connectivity index (χ3n) is 2.81. The highest BCUT2D eigenvalue weighted by molar-refractivity contribution is 6.32. The summed E-state index contributed by atoms with van der Waals surface area (Å²) in [6.45, 7) is -3.04. The number of halogens is 4. The molecule has 0 aromatic heterocycles. The Balaban J connectivity index is 2.24. The minimum absolute atomic E-state index is 0.106. The third-order valence-corrected chi connectivity index (χ3v) is 3.34. The molecule has 0 saturated heterocycles. The number of carbonyl (C=O) groups excluding carboxylic acids is 1. The van der Waals surface area contributed by atoms with Gasteiger partial charge in [-0.2, -0.15) is 8.78 Å². The van der Waals surface area contributed by atoms with Crippen LogP contribution in [0.4, 0.5) is 20.2 Å². The van der Waals surface area contributed by atoms with E-state index in [1.165, 1.54) is 24.3 Å². The molecule has 0 aliphatic heterocycles. The second-order valence-electron chi connectivity index (χ2n) is 4.40. The predicted octanol–water partition coefficient (Wildman–Crippen LogP) is 4.76. The Kier molecular flexibility index (Phi) is 5.53. The molecule has 10 heteroatoms. The molecule has 1 N–H and O–H groups in total. The molecule has 0 heterocycles. The monoisotopic (exact) mass is 376 g/mol. The fourth-order valence-corrected chi connectivity index (χ4v) is 2.21. The van der Waals surface area contributed by atoms with Crippen molar-refractivity contribution in [3.05, 3.63) is 62.1 Å². The Hall–Kier alpha value is -2.45. The molecule has 0 spiro atoms. The van der Waals surface area contributed by atoms with Crippen LogP contribution in [0.3, 0.4) is 0 Å². The van der Waals surface area contributed by atoms with Crippen molar-refractivity contribution in [3.63, 3.8) is 0 Å². The van der Waals surface area contributed by atoms with Gasteiger partial charge < -0.3 is 10.1 Å². The maximum absolute atomic E-state index is 12.2. The molecular weight excluding hydrogens is 369 g/mol. The van der Waals surface area contributed by atoms with Crippen molar-refractivity contribution in [2.45, 2.75) is 6.61 Å². The lowest BCUT2D eigenvalue weighted by molar-refractivity contribution is -0.385. The summed E-state index contributed by atoms with van der Waals surface area (Å²) < 4.78 is 28.5. The summed E-state index contributed by atoms with van der Waals surface area (Å²) in [5.74, 6) is -1.04. The van der Waals surface area contributed by atoms with Crippen molar-refractivity contribution < 1.29 is 23.2 Å². The van der Waals surface area contributed by atoms with E-state index in [9.17, 15) is 23.7 Å². The highest BCUT2D eigenvalue weighted by Crippen LogP contribution is 2.30. The molecule has 126 valence electrons. The van der Waals surface area contributed by atoms with Gasteiger partial charge in [-0.1, -0.05) is 23.2 Å². The van der Waals surface area contributed by atoms with E-state index in [1.807, 2.05) is 0 Å². The van der Waals surface area contributed by atoms with E-state index in [1.54, 1.807) is 0 Å². The van der Waals surface area contributed by atoms with Crippen LogP contribution in [0.25, 0.3) is 0 Å². The van der Waals surface area contributed by atoms with Gasteiger partial charge in [0.15, 0.2) is 0 Å². The molecule has 2 rings (SSSR count). The quantitative estimate of drug-likeness (QED) is 0.602. The van der Waals surface area contributed by atoms with Crippen molar-refractivity contribution in [2.75, 3.05) is 5.32 Å². The number of nitrogens with zero attached hydrogens (tertiary/aromatic N) is 1. The van der Waals surface area contributed by atoms with Crippen LogP contribution in [0, 0.1) is 10.1 Å². The highest BCUT2D eigenvalue weighted by Gasteiger charge is 2.21. The fourth-order valence-electron chi connectivity index (χ4n) is 1.82. The van der Waals surface area contributed by atoms with Crippen LogP contribution in [0.15, 0.2) is 36.4 Å². The van der Waals surface area contributed by atoms with Gasteiger partial charge in [0.2, 0.25) is 0 Å². The number of hydrogen-bond donors (Lipinski definition) is 1. The normalized spacial score (nSPS) is 10.5. The van der Waals surface area contributed by atoms with Crippen LogP contribution in [0.2, 0.25) is 10.0 Å². The molecule has 0 bridgehead atoms. The fraction of sp³-hybridized carbons (Fsp3) is 0.0714. The van der Waals surface area contributed by atoms with Crippen LogP contribution in [0.1, 0.15) is 10.4 Å². The summed E-state index contributed by atoms with van der Waals surface area (Å²) in [6.07, 6.45) is 0. The number of anilines is 1. The van der Waals surface area contributed by atoms with E-state index in [4.69, 9.17) is 23.2 Å². The number of amides is 1. The Morgan fingerprint density at radius 2 is 1.92 bits per heavy atom. The first-order valence-electron chi connectivity index (χ1n) is 6.27. The summed E-state index contributed by atoms with van der Waals surface area (Å²) in [6, 6.07) is 7.16. The SMILES string of the molecule is O=C(Nc1ccc(OC(F)F)c(Cl)c1)c1ccc(Cl)cc1[N+](=O)[O-]. The van der Waals surface area contributed by atoms with Gasteiger partial charge in [-0.3, -0.25) is 14.9 Å². The zero-order valence-electron chi connectivity index (χ0n) is 11.6. The molecule has 0 fully saturated rings. The summed E-state index contributed by atoms with van der Waals surface area (Å²) >= 11 is 11.4.